The topological polar surface area (TPSA) is 69.7 Å². The first kappa shape index (κ1) is 17.5. The molecule has 0 atom stereocenters. The highest BCUT2D eigenvalue weighted by Crippen LogP contribution is 2.31. The molecule has 5 heteroatoms. The molecule has 0 unspecified atom stereocenters. The molecule has 0 aliphatic carbocycles. The van der Waals surface area contributed by atoms with Crippen LogP contribution in [0.5, 0.6) is 5.75 Å². The van der Waals surface area contributed by atoms with Crippen molar-refractivity contribution in [3.63, 3.8) is 0 Å². The van der Waals surface area contributed by atoms with E-state index in [4.69, 9.17) is 13.6 Å². The standard InChI is InChI=1S/C23H16O5/c1-15-9-11-19-18(14-15)21(25)23(22(27-19)16-6-3-2-4-7-16)28-20(24)12-10-17-8-5-13-26-17/h2-14H,1H3/b12-10+. The van der Waals surface area contributed by atoms with E-state index in [-0.39, 0.29) is 11.5 Å². The van der Waals surface area contributed by atoms with Crippen molar-refractivity contribution in [2.45, 2.75) is 6.92 Å². The van der Waals surface area contributed by atoms with E-state index >= 15 is 0 Å². The van der Waals surface area contributed by atoms with E-state index in [1.165, 1.54) is 18.4 Å². The predicted octanol–water partition coefficient (Wildman–Crippen LogP) is 4.98. The van der Waals surface area contributed by atoms with Gasteiger partial charge in [-0.05, 0) is 37.3 Å². The Hall–Kier alpha value is -3.86. The van der Waals surface area contributed by atoms with Crippen molar-refractivity contribution in [3.05, 3.63) is 94.5 Å². The van der Waals surface area contributed by atoms with Crippen molar-refractivity contribution in [2.24, 2.45) is 0 Å². The van der Waals surface area contributed by atoms with Crippen molar-refractivity contribution in [1.82, 2.24) is 0 Å². The van der Waals surface area contributed by atoms with Crippen molar-refractivity contribution >= 4 is 23.0 Å². The lowest BCUT2D eigenvalue weighted by atomic mass is 10.1. The summed E-state index contributed by atoms with van der Waals surface area (Å²) >= 11 is 0. The Morgan fingerprint density at radius 3 is 2.61 bits per heavy atom. The summed E-state index contributed by atoms with van der Waals surface area (Å²) in [5.41, 5.74) is 1.58. The SMILES string of the molecule is Cc1ccc2oc(-c3ccccc3)c(OC(=O)/C=C/c3ccco3)c(=O)c2c1. The summed E-state index contributed by atoms with van der Waals surface area (Å²) < 4.78 is 16.5. The fourth-order valence-electron chi connectivity index (χ4n) is 2.84. The van der Waals surface area contributed by atoms with Gasteiger partial charge >= 0.3 is 5.97 Å². The number of benzene rings is 2. The van der Waals surface area contributed by atoms with E-state index < -0.39 is 11.4 Å². The van der Waals surface area contributed by atoms with Crippen molar-refractivity contribution in [3.8, 4) is 17.1 Å². The Kier molecular flexibility index (Phi) is 4.64. The molecule has 2 aromatic heterocycles. The van der Waals surface area contributed by atoms with E-state index in [0.29, 0.717) is 22.3 Å². The Balaban J connectivity index is 1.81. The van der Waals surface area contributed by atoms with Crippen LogP contribution in [0.1, 0.15) is 11.3 Å². The number of furan rings is 1. The minimum atomic E-state index is -0.701. The molecule has 5 nitrogen and oxygen atoms in total. The van der Waals surface area contributed by atoms with Gasteiger partial charge in [0, 0.05) is 11.6 Å². The molecule has 0 aliphatic rings. The van der Waals surface area contributed by atoms with Gasteiger partial charge in [-0.2, -0.15) is 0 Å². The predicted molar refractivity (Wildman–Crippen MR) is 106 cm³/mol. The van der Waals surface area contributed by atoms with Gasteiger partial charge in [0.2, 0.25) is 11.2 Å². The first-order valence-electron chi connectivity index (χ1n) is 8.68. The lowest BCUT2D eigenvalue weighted by Gasteiger charge is -2.10. The van der Waals surface area contributed by atoms with Crippen molar-refractivity contribution < 1.29 is 18.4 Å². The minimum absolute atomic E-state index is 0.140. The summed E-state index contributed by atoms with van der Waals surface area (Å²) in [6.07, 6.45) is 4.17. The molecule has 0 radical (unpaired) electrons. The van der Waals surface area contributed by atoms with Crippen molar-refractivity contribution in [1.29, 1.82) is 0 Å². The smallest absolute Gasteiger partial charge is 0.336 e. The summed E-state index contributed by atoms with van der Waals surface area (Å²) in [4.78, 5) is 25.4. The molecule has 0 fully saturated rings. The minimum Gasteiger partial charge on any atom is -0.465 e. The third kappa shape index (κ3) is 3.50. The van der Waals surface area contributed by atoms with E-state index in [0.717, 1.165) is 5.56 Å². The molecule has 0 bridgehead atoms. The second kappa shape index (κ2) is 7.40. The number of fused-ring (bicyclic) bond motifs is 1. The van der Waals surface area contributed by atoms with Crippen LogP contribution in [-0.2, 0) is 4.79 Å². The maximum absolute atomic E-state index is 13.1. The van der Waals surface area contributed by atoms with E-state index in [1.54, 1.807) is 36.4 Å². The summed E-state index contributed by atoms with van der Waals surface area (Å²) in [7, 11) is 0. The molecule has 0 amide bonds. The van der Waals surface area contributed by atoms with Gasteiger partial charge < -0.3 is 13.6 Å². The van der Waals surface area contributed by atoms with Gasteiger partial charge in [-0.1, -0.05) is 42.0 Å². The van der Waals surface area contributed by atoms with Gasteiger partial charge in [-0.15, -0.1) is 0 Å². The van der Waals surface area contributed by atoms with Crippen LogP contribution in [0.25, 0.3) is 28.4 Å². The first-order chi connectivity index (χ1) is 13.6. The van der Waals surface area contributed by atoms with Gasteiger partial charge in [0.05, 0.1) is 11.6 Å². The maximum atomic E-state index is 13.1. The van der Waals surface area contributed by atoms with E-state index in [2.05, 4.69) is 0 Å². The molecular formula is C23H16O5. The molecule has 2 heterocycles. The summed E-state index contributed by atoms with van der Waals surface area (Å²) in [6, 6.07) is 17.8. The molecule has 0 saturated carbocycles. The lowest BCUT2D eigenvalue weighted by Crippen LogP contribution is -2.14. The van der Waals surface area contributed by atoms with Crippen LogP contribution in [0.2, 0.25) is 0 Å². The number of carbonyl (C=O) groups is 1. The van der Waals surface area contributed by atoms with Crippen LogP contribution >= 0.6 is 0 Å². The Morgan fingerprint density at radius 2 is 1.86 bits per heavy atom. The average Bonchev–Trinajstić information content (AvgIpc) is 3.23. The van der Waals surface area contributed by atoms with Gasteiger partial charge in [-0.3, -0.25) is 4.79 Å². The van der Waals surface area contributed by atoms with Crippen LogP contribution in [0, 0.1) is 6.92 Å². The second-order valence-electron chi connectivity index (χ2n) is 6.22. The first-order valence-corrected chi connectivity index (χ1v) is 8.68. The molecule has 0 aliphatic heterocycles. The summed E-state index contributed by atoms with van der Waals surface area (Å²) in [5, 5.41) is 0.359. The van der Waals surface area contributed by atoms with Gasteiger partial charge in [-0.25, -0.2) is 4.79 Å². The lowest BCUT2D eigenvalue weighted by molar-refractivity contribution is -0.129. The fourth-order valence-corrected chi connectivity index (χ4v) is 2.84. The second-order valence-corrected chi connectivity index (χ2v) is 6.22. The molecule has 0 saturated heterocycles. The van der Waals surface area contributed by atoms with Crippen LogP contribution in [0.15, 0.2) is 86.6 Å². The quantitative estimate of drug-likeness (QED) is 0.373. The normalized spacial score (nSPS) is 11.2. The number of aryl methyl sites for hydroxylation is 1. The monoisotopic (exact) mass is 372 g/mol. The molecule has 138 valence electrons. The number of hydrogen-bond donors (Lipinski definition) is 0. The third-order valence-electron chi connectivity index (χ3n) is 4.17. The highest BCUT2D eigenvalue weighted by Gasteiger charge is 2.19. The van der Waals surface area contributed by atoms with Crippen LogP contribution < -0.4 is 10.2 Å². The Bertz CT molecular complexity index is 1220. The Labute approximate surface area is 160 Å². The highest BCUT2D eigenvalue weighted by atomic mass is 16.5. The van der Waals surface area contributed by atoms with Gasteiger partial charge in [0.25, 0.3) is 0 Å². The highest BCUT2D eigenvalue weighted by molar-refractivity contribution is 5.90. The van der Waals surface area contributed by atoms with Gasteiger partial charge in [0.1, 0.15) is 11.3 Å². The molecule has 2 aromatic carbocycles. The maximum Gasteiger partial charge on any atom is 0.336 e. The molecule has 0 spiro atoms. The number of ether oxygens (including phenoxy) is 1. The third-order valence-corrected chi connectivity index (χ3v) is 4.17. The Morgan fingerprint density at radius 1 is 1.04 bits per heavy atom. The van der Waals surface area contributed by atoms with Gasteiger partial charge in [0.15, 0.2) is 5.76 Å². The molecule has 0 N–H and O–H groups in total. The summed E-state index contributed by atoms with van der Waals surface area (Å²) in [6.45, 7) is 1.88. The largest absolute Gasteiger partial charge is 0.465 e. The van der Waals surface area contributed by atoms with Crippen molar-refractivity contribution in [2.75, 3.05) is 0 Å². The number of esters is 1. The molecule has 28 heavy (non-hydrogen) atoms. The number of carbonyl (C=O) groups excluding carboxylic acids is 1. The zero-order valence-electron chi connectivity index (χ0n) is 15.0. The van der Waals surface area contributed by atoms with Crippen LogP contribution in [0.3, 0.4) is 0 Å². The molecule has 4 rings (SSSR count). The number of hydrogen-bond acceptors (Lipinski definition) is 5. The number of rotatable bonds is 4. The van der Waals surface area contributed by atoms with E-state index in [9.17, 15) is 9.59 Å². The zero-order valence-corrected chi connectivity index (χ0v) is 15.0. The average molecular weight is 372 g/mol. The summed E-state index contributed by atoms with van der Waals surface area (Å²) in [5.74, 6) is -0.130. The fraction of sp³-hybridized carbons (Fsp3) is 0.0435. The van der Waals surface area contributed by atoms with Crippen LogP contribution in [-0.4, -0.2) is 5.97 Å². The van der Waals surface area contributed by atoms with E-state index in [1.807, 2.05) is 31.2 Å². The molecule has 4 aromatic rings. The molecular weight excluding hydrogens is 356 g/mol. The van der Waals surface area contributed by atoms with Crippen LogP contribution in [0.4, 0.5) is 0 Å². The zero-order chi connectivity index (χ0) is 19.5.